The van der Waals surface area contributed by atoms with Crippen LogP contribution in [0.4, 0.5) is 0 Å². The van der Waals surface area contributed by atoms with Gasteiger partial charge in [-0.3, -0.25) is 19.4 Å². The third-order valence-electron chi connectivity index (χ3n) is 8.69. The number of aromatic nitrogens is 2. The summed E-state index contributed by atoms with van der Waals surface area (Å²) in [5.74, 6) is -0.413. The van der Waals surface area contributed by atoms with E-state index in [4.69, 9.17) is 9.49 Å². The van der Waals surface area contributed by atoms with Gasteiger partial charge in [0, 0.05) is 38.8 Å². The van der Waals surface area contributed by atoms with Crippen LogP contribution in [-0.2, 0) is 25.5 Å². The standard InChI is InChI=1S/C32H47BN6O5/c1-23(2)26-20-32(26,33-39(5)22-31(4,44-33)15-11-6-7-12-16-36-43-24(3)40)38-30(42)27(19-25-13-9-8-10-14-25)37-29(41)28-21-34-17-18-35-28/h8-10,13-14,17-18,21,23,26-27,36H,6-7,11-12,15-16,19-20,22H2,1-5H3,(H,37,41)(H,38,42)/t26-,27?,31?,32?/m0/s1. The first-order valence-corrected chi connectivity index (χ1v) is 15.7. The Morgan fingerprint density at radius 3 is 2.55 bits per heavy atom. The SMILES string of the molecule is CC(=O)ONCCCCCCC1(C)CN(C)B(C2(NC(=O)C(Cc3ccccc3)NC(=O)c3cnccn3)C[C@H]2C(C)C)O1. The molecular formula is C32H47BN6O5. The molecule has 1 aliphatic heterocycles. The van der Waals surface area contributed by atoms with Gasteiger partial charge in [0.2, 0.25) is 5.91 Å². The average Bonchev–Trinajstić information content (AvgIpc) is 3.64. The van der Waals surface area contributed by atoms with Crippen LogP contribution >= 0.6 is 0 Å². The van der Waals surface area contributed by atoms with Gasteiger partial charge in [0.15, 0.2) is 0 Å². The van der Waals surface area contributed by atoms with Crippen LogP contribution in [0.2, 0.25) is 0 Å². The number of carbonyl (C=O) groups excluding carboxylic acids is 3. The number of hydroxylamine groups is 1. The topological polar surface area (TPSA) is 135 Å². The Hall–Kier alpha value is -3.35. The van der Waals surface area contributed by atoms with Gasteiger partial charge in [0.25, 0.3) is 5.91 Å². The first kappa shape index (κ1) is 33.5. The van der Waals surface area contributed by atoms with Gasteiger partial charge >= 0.3 is 13.0 Å². The van der Waals surface area contributed by atoms with E-state index in [-0.39, 0.29) is 36.1 Å². The molecule has 2 fully saturated rings. The zero-order valence-corrected chi connectivity index (χ0v) is 26.7. The van der Waals surface area contributed by atoms with Crippen molar-refractivity contribution < 1.29 is 23.9 Å². The molecule has 0 radical (unpaired) electrons. The van der Waals surface area contributed by atoms with Crippen LogP contribution in [0.5, 0.6) is 0 Å². The first-order chi connectivity index (χ1) is 21.0. The zero-order chi connectivity index (χ0) is 31.7. The molecule has 0 bridgehead atoms. The van der Waals surface area contributed by atoms with Crippen LogP contribution in [0, 0.1) is 11.8 Å². The molecule has 1 aromatic heterocycles. The smallest absolute Gasteiger partial charge is 0.410 e. The maximum atomic E-state index is 14.1. The molecule has 4 rings (SSSR count). The van der Waals surface area contributed by atoms with Crippen LogP contribution in [0.15, 0.2) is 48.9 Å². The lowest BCUT2D eigenvalue weighted by Crippen LogP contribution is -2.60. The predicted molar refractivity (Wildman–Crippen MR) is 168 cm³/mol. The van der Waals surface area contributed by atoms with Gasteiger partial charge in [-0.2, -0.15) is 5.48 Å². The number of amides is 2. The van der Waals surface area contributed by atoms with Crippen LogP contribution in [-0.4, -0.2) is 76.8 Å². The molecule has 2 amide bonds. The molecule has 1 saturated carbocycles. The number of rotatable bonds is 16. The van der Waals surface area contributed by atoms with Crippen molar-refractivity contribution in [1.82, 2.24) is 30.9 Å². The minimum atomic E-state index is -0.800. The highest BCUT2D eigenvalue weighted by Crippen LogP contribution is 2.53. The zero-order valence-electron chi connectivity index (χ0n) is 26.7. The van der Waals surface area contributed by atoms with E-state index in [1.165, 1.54) is 25.5 Å². The average molecular weight is 607 g/mol. The summed E-state index contributed by atoms with van der Waals surface area (Å²) >= 11 is 0. The van der Waals surface area contributed by atoms with Crippen LogP contribution < -0.4 is 16.1 Å². The van der Waals surface area contributed by atoms with E-state index in [1.807, 2.05) is 30.3 Å². The minimum Gasteiger partial charge on any atom is -0.413 e. The highest BCUT2D eigenvalue weighted by Gasteiger charge is 2.68. The molecule has 0 spiro atoms. The molecular weight excluding hydrogens is 559 g/mol. The second-order valence-corrected chi connectivity index (χ2v) is 12.9. The Morgan fingerprint density at radius 1 is 1.14 bits per heavy atom. The largest absolute Gasteiger partial charge is 0.413 e. The second kappa shape index (κ2) is 15.1. The molecule has 3 N–H and O–H groups in total. The third kappa shape index (κ3) is 8.86. The van der Waals surface area contributed by atoms with Crippen molar-refractivity contribution in [1.29, 1.82) is 0 Å². The lowest BCUT2D eigenvalue weighted by Gasteiger charge is -2.30. The number of hydrogen-bond acceptors (Lipinski definition) is 9. The number of nitrogens with one attached hydrogen (secondary N) is 3. The number of carbonyl (C=O) groups is 3. The van der Waals surface area contributed by atoms with E-state index in [0.717, 1.165) is 50.6 Å². The third-order valence-corrected chi connectivity index (χ3v) is 8.69. The van der Waals surface area contributed by atoms with E-state index in [2.05, 4.69) is 58.7 Å². The van der Waals surface area contributed by atoms with Gasteiger partial charge < -0.3 is 24.9 Å². The Morgan fingerprint density at radius 2 is 1.89 bits per heavy atom. The van der Waals surface area contributed by atoms with Gasteiger partial charge in [0.1, 0.15) is 11.7 Å². The maximum Gasteiger partial charge on any atom is 0.410 e. The Bertz CT molecular complexity index is 1250. The van der Waals surface area contributed by atoms with Crippen LogP contribution in [0.1, 0.15) is 82.3 Å². The van der Waals surface area contributed by atoms with E-state index >= 15 is 0 Å². The fraction of sp³-hybridized carbons (Fsp3) is 0.594. The molecule has 1 aliphatic carbocycles. The predicted octanol–water partition coefficient (Wildman–Crippen LogP) is 3.11. The van der Waals surface area contributed by atoms with Crippen LogP contribution in [0.25, 0.3) is 0 Å². The quantitative estimate of drug-likeness (QED) is 0.150. The summed E-state index contributed by atoms with van der Waals surface area (Å²) in [4.78, 5) is 53.1. The molecule has 2 aromatic rings. The normalized spacial score (nSPS) is 23.8. The minimum absolute atomic E-state index is 0.162. The lowest BCUT2D eigenvalue weighted by molar-refractivity contribution is -0.148. The summed E-state index contributed by atoms with van der Waals surface area (Å²) in [6.45, 7) is 9.31. The van der Waals surface area contributed by atoms with E-state index in [9.17, 15) is 14.4 Å². The van der Waals surface area contributed by atoms with E-state index in [1.54, 1.807) is 0 Å². The summed E-state index contributed by atoms with van der Waals surface area (Å²) in [7, 11) is 1.79. The molecule has 1 saturated heterocycles. The Balaban J connectivity index is 1.41. The van der Waals surface area contributed by atoms with Gasteiger partial charge in [0.05, 0.1) is 17.2 Å². The summed E-state index contributed by atoms with van der Waals surface area (Å²) in [5.41, 5.74) is 2.91. The van der Waals surface area contributed by atoms with Crippen molar-refractivity contribution >= 4 is 24.8 Å². The van der Waals surface area contributed by atoms with Crippen molar-refractivity contribution in [3.05, 3.63) is 60.2 Å². The summed E-state index contributed by atoms with van der Waals surface area (Å²) in [6.07, 6.45) is 10.5. The van der Waals surface area contributed by atoms with Crippen molar-refractivity contribution in [3.63, 3.8) is 0 Å². The Kier molecular flexibility index (Phi) is 11.5. The van der Waals surface area contributed by atoms with Crippen LogP contribution in [0.3, 0.4) is 0 Å². The van der Waals surface area contributed by atoms with E-state index < -0.39 is 17.4 Å². The second-order valence-electron chi connectivity index (χ2n) is 12.9. The number of likely N-dealkylation sites (N-methyl/N-ethyl adjacent to an activating group) is 1. The number of hydrogen-bond donors (Lipinski definition) is 3. The molecule has 12 heteroatoms. The van der Waals surface area contributed by atoms with Gasteiger partial charge in [-0.25, -0.2) is 4.98 Å². The van der Waals surface area contributed by atoms with Gasteiger partial charge in [-0.15, -0.1) is 0 Å². The number of benzene rings is 1. The molecule has 2 heterocycles. The molecule has 3 unspecified atom stereocenters. The van der Waals surface area contributed by atoms with Crippen molar-refractivity contribution in [2.24, 2.45) is 11.8 Å². The van der Waals surface area contributed by atoms with Crippen molar-refractivity contribution in [2.75, 3.05) is 20.1 Å². The molecule has 44 heavy (non-hydrogen) atoms. The first-order valence-electron chi connectivity index (χ1n) is 15.7. The van der Waals surface area contributed by atoms with Crippen molar-refractivity contribution in [2.45, 2.75) is 89.7 Å². The summed E-state index contributed by atoms with van der Waals surface area (Å²) < 4.78 is 6.83. The molecule has 238 valence electrons. The number of unbranched alkanes of at least 4 members (excludes halogenated alkanes) is 3. The molecule has 11 nitrogen and oxygen atoms in total. The lowest BCUT2D eigenvalue weighted by atomic mass is 9.66. The maximum absolute atomic E-state index is 14.1. The molecule has 4 atom stereocenters. The fourth-order valence-corrected chi connectivity index (χ4v) is 6.49. The molecule has 2 aliphatic rings. The fourth-order valence-electron chi connectivity index (χ4n) is 6.49. The highest BCUT2D eigenvalue weighted by molar-refractivity contribution is 6.55. The van der Waals surface area contributed by atoms with Gasteiger partial charge in [-0.1, -0.05) is 63.4 Å². The van der Waals surface area contributed by atoms with Crippen molar-refractivity contribution in [3.8, 4) is 0 Å². The van der Waals surface area contributed by atoms with Gasteiger partial charge in [-0.05, 0) is 50.6 Å². The monoisotopic (exact) mass is 606 g/mol. The summed E-state index contributed by atoms with van der Waals surface area (Å²) in [6, 6.07) is 8.88. The number of nitrogens with zero attached hydrogens (tertiary/aromatic N) is 3. The highest BCUT2D eigenvalue weighted by atomic mass is 16.7. The van der Waals surface area contributed by atoms with E-state index in [0.29, 0.717) is 18.9 Å². The summed E-state index contributed by atoms with van der Waals surface area (Å²) in [5, 5.41) is 6.31. The molecule has 1 aromatic carbocycles. The Labute approximate surface area is 261 Å².